The number of aryl methyl sites for hydroxylation is 1. The lowest BCUT2D eigenvalue weighted by molar-refractivity contribution is 0.0956. The summed E-state index contributed by atoms with van der Waals surface area (Å²) in [5, 5.41) is 3.57. The van der Waals surface area contributed by atoms with Crippen LogP contribution in [-0.4, -0.2) is 29.5 Å². The predicted molar refractivity (Wildman–Crippen MR) is 122 cm³/mol. The lowest BCUT2D eigenvalue weighted by Gasteiger charge is -2.57. The molecular weight excluding hydrogens is 430 g/mol. The molecule has 4 atom stereocenters. The molecule has 1 saturated heterocycles. The number of nitrogens with zero attached hydrogens (tertiary/aromatic N) is 2. The van der Waals surface area contributed by atoms with Crippen molar-refractivity contribution >= 4 is 38.8 Å². The number of carbonyl (C=O) groups is 1. The van der Waals surface area contributed by atoms with E-state index < -0.39 is 11.7 Å². The number of thiophene rings is 1. The molecule has 0 bridgehead atoms. The number of anilines is 2. The number of benzene rings is 1. The molecule has 1 aliphatic heterocycles. The van der Waals surface area contributed by atoms with Crippen molar-refractivity contribution < 1.29 is 13.6 Å². The van der Waals surface area contributed by atoms with Crippen LogP contribution in [-0.2, 0) is 0 Å². The zero-order valence-electron chi connectivity index (χ0n) is 17.9. The first-order chi connectivity index (χ1) is 15.3. The molecule has 166 valence electrons. The number of aromatic nitrogens is 1. The molecule has 2 aliphatic carbocycles. The molecule has 2 saturated carbocycles. The lowest BCUT2D eigenvalue weighted by atomic mass is 9.70. The summed E-state index contributed by atoms with van der Waals surface area (Å²) >= 11 is 1.23. The number of nitrogen functional groups attached to an aromatic ring is 1. The Morgan fingerprint density at radius 1 is 1.34 bits per heavy atom. The monoisotopic (exact) mass is 454 g/mol. The van der Waals surface area contributed by atoms with Crippen LogP contribution >= 0.6 is 11.3 Å². The van der Waals surface area contributed by atoms with E-state index in [1.54, 1.807) is 6.92 Å². The van der Waals surface area contributed by atoms with E-state index in [0.29, 0.717) is 32.9 Å². The van der Waals surface area contributed by atoms with Gasteiger partial charge in [-0.2, -0.15) is 0 Å². The highest BCUT2D eigenvalue weighted by molar-refractivity contribution is 7.21. The fourth-order valence-corrected chi connectivity index (χ4v) is 6.78. The molecule has 1 spiro atoms. The van der Waals surface area contributed by atoms with Gasteiger partial charge >= 0.3 is 0 Å². The van der Waals surface area contributed by atoms with Crippen LogP contribution in [0.1, 0.15) is 46.6 Å². The third-order valence-electron chi connectivity index (χ3n) is 7.70. The lowest BCUT2D eigenvalue weighted by Crippen LogP contribution is -2.65. The molecule has 0 radical (unpaired) electrons. The van der Waals surface area contributed by atoms with Crippen molar-refractivity contribution in [2.45, 2.75) is 38.1 Å². The van der Waals surface area contributed by atoms with Gasteiger partial charge in [-0.25, -0.2) is 13.8 Å². The third kappa shape index (κ3) is 2.65. The maximum Gasteiger partial charge on any atom is 0.263 e. The highest BCUT2D eigenvalue weighted by atomic mass is 32.1. The molecule has 3 N–H and O–H groups in total. The average Bonchev–Trinajstić information content (AvgIpc) is 3.36. The Morgan fingerprint density at radius 2 is 2.16 bits per heavy atom. The normalized spacial score (nSPS) is 26.1. The SMILES string of the molecule is Cc1ccc2c(N)c(C(=O)NC[C@H](C)c3cc(F)c(N4CC5CC6CC564)cc3F)sc2n1. The number of nitrogens with one attached hydrogen (secondary N) is 1. The Bertz CT molecular complexity index is 1290. The first-order valence-corrected chi connectivity index (χ1v) is 11.8. The highest BCUT2D eigenvalue weighted by Crippen LogP contribution is 2.73. The van der Waals surface area contributed by atoms with E-state index in [0.717, 1.165) is 24.0 Å². The van der Waals surface area contributed by atoms with E-state index in [4.69, 9.17) is 5.73 Å². The van der Waals surface area contributed by atoms with Gasteiger partial charge in [0.2, 0.25) is 0 Å². The van der Waals surface area contributed by atoms with Crippen LogP contribution in [0.2, 0.25) is 0 Å². The van der Waals surface area contributed by atoms with Gasteiger partial charge in [-0.3, -0.25) is 4.79 Å². The van der Waals surface area contributed by atoms with Gasteiger partial charge in [-0.05, 0) is 49.4 Å². The molecule has 3 aliphatic rings. The maximum absolute atomic E-state index is 14.9. The molecule has 3 heterocycles. The molecule has 2 aromatic heterocycles. The zero-order valence-corrected chi connectivity index (χ0v) is 18.7. The highest BCUT2D eigenvalue weighted by Gasteiger charge is 2.77. The standard InChI is InChI=1S/C24H24F2N4OS/c1-11(9-28-22(31)21-20(27)15-4-3-12(2)29-23(15)32-21)16-6-18(26)19(7-17(16)25)30-10-14-5-13-8-24(13,14)30/h3-4,6-7,11,13-14H,5,8-10,27H2,1-2H3,(H,28,31)/t11-,13?,14?,24?/m0/s1. The van der Waals surface area contributed by atoms with E-state index in [1.807, 2.05) is 19.1 Å². The topological polar surface area (TPSA) is 71.2 Å². The number of halogens is 2. The summed E-state index contributed by atoms with van der Waals surface area (Å²) in [5.74, 6) is -0.218. The van der Waals surface area contributed by atoms with Crippen molar-refractivity contribution in [3.63, 3.8) is 0 Å². The number of fused-ring (bicyclic) bond motifs is 1. The third-order valence-corrected chi connectivity index (χ3v) is 8.81. The Morgan fingerprint density at radius 3 is 2.88 bits per heavy atom. The van der Waals surface area contributed by atoms with Crippen molar-refractivity contribution in [1.29, 1.82) is 0 Å². The molecular formula is C24H24F2N4OS. The molecule has 3 aromatic rings. The van der Waals surface area contributed by atoms with Crippen LogP contribution in [0.3, 0.4) is 0 Å². The van der Waals surface area contributed by atoms with Crippen molar-refractivity contribution in [1.82, 2.24) is 10.3 Å². The summed E-state index contributed by atoms with van der Waals surface area (Å²) in [4.78, 5) is 20.3. The van der Waals surface area contributed by atoms with Crippen LogP contribution in [0, 0.1) is 30.4 Å². The number of hydrogen-bond donors (Lipinski definition) is 2. The van der Waals surface area contributed by atoms with Crippen LogP contribution in [0.25, 0.3) is 10.2 Å². The number of nitrogens with two attached hydrogens (primary N) is 1. The summed E-state index contributed by atoms with van der Waals surface area (Å²) in [6.45, 7) is 4.65. The van der Waals surface area contributed by atoms with Crippen molar-refractivity contribution in [2.75, 3.05) is 23.7 Å². The van der Waals surface area contributed by atoms with Crippen LogP contribution < -0.4 is 16.0 Å². The van der Waals surface area contributed by atoms with Gasteiger partial charge < -0.3 is 16.0 Å². The second-order valence-corrected chi connectivity index (χ2v) is 10.5. The number of piperidine rings is 1. The molecule has 1 amide bonds. The minimum atomic E-state index is -0.430. The van der Waals surface area contributed by atoms with Crippen LogP contribution in [0.4, 0.5) is 20.2 Å². The minimum absolute atomic E-state index is 0.131. The Kier molecular flexibility index (Phi) is 4.13. The molecule has 5 nitrogen and oxygen atoms in total. The van der Waals surface area contributed by atoms with Gasteiger partial charge in [0.15, 0.2) is 0 Å². The summed E-state index contributed by atoms with van der Waals surface area (Å²) in [5.41, 5.74) is 8.17. The molecule has 6 rings (SSSR count). The first kappa shape index (κ1) is 19.9. The van der Waals surface area contributed by atoms with Gasteiger partial charge in [0.25, 0.3) is 5.91 Å². The Labute approximate surface area is 188 Å². The van der Waals surface area contributed by atoms with Crippen LogP contribution in [0.15, 0.2) is 24.3 Å². The van der Waals surface area contributed by atoms with E-state index in [2.05, 4.69) is 15.2 Å². The van der Waals surface area contributed by atoms with Crippen molar-refractivity contribution in [2.24, 2.45) is 11.8 Å². The Hall–Kier alpha value is -2.74. The number of carbonyl (C=O) groups excluding carboxylic acids is 1. The smallest absolute Gasteiger partial charge is 0.263 e. The summed E-state index contributed by atoms with van der Waals surface area (Å²) in [6, 6.07) is 6.34. The number of hydrogen-bond acceptors (Lipinski definition) is 5. The molecule has 3 unspecified atom stereocenters. The van der Waals surface area contributed by atoms with E-state index in [9.17, 15) is 13.6 Å². The summed E-state index contributed by atoms with van der Waals surface area (Å²) < 4.78 is 29.9. The predicted octanol–water partition coefficient (Wildman–Crippen LogP) is 4.60. The van der Waals surface area contributed by atoms with Crippen molar-refractivity contribution in [3.05, 3.63) is 52.0 Å². The van der Waals surface area contributed by atoms with Gasteiger partial charge in [-0.1, -0.05) is 6.92 Å². The molecule has 3 fully saturated rings. The number of rotatable bonds is 5. The fourth-order valence-electron chi connectivity index (χ4n) is 5.72. The second-order valence-electron chi connectivity index (χ2n) is 9.52. The van der Waals surface area contributed by atoms with E-state index in [1.165, 1.54) is 29.9 Å². The average molecular weight is 455 g/mol. The quantitative estimate of drug-likeness (QED) is 0.591. The molecule has 1 aromatic carbocycles. The fraction of sp³-hybridized carbons (Fsp3) is 0.417. The van der Waals surface area contributed by atoms with Gasteiger partial charge in [0, 0.05) is 47.6 Å². The van der Waals surface area contributed by atoms with E-state index in [-0.39, 0.29) is 29.4 Å². The van der Waals surface area contributed by atoms with Gasteiger partial charge in [-0.15, -0.1) is 11.3 Å². The number of amides is 1. The largest absolute Gasteiger partial charge is 0.397 e. The number of pyridine rings is 1. The molecule has 32 heavy (non-hydrogen) atoms. The minimum Gasteiger partial charge on any atom is -0.397 e. The Balaban J connectivity index is 1.17. The molecule has 8 heteroatoms. The van der Waals surface area contributed by atoms with Gasteiger partial charge in [0.05, 0.1) is 11.4 Å². The first-order valence-electron chi connectivity index (χ1n) is 11.0. The summed E-state index contributed by atoms with van der Waals surface area (Å²) in [6.07, 6.45) is 2.34. The van der Waals surface area contributed by atoms with Gasteiger partial charge in [0.1, 0.15) is 21.3 Å². The zero-order chi connectivity index (χ0) is 22.4. The van der Waals surface area contributed by atoms with Crippen molar-refractivity contribution in [3.8, 4) is 0 Å². The maximum atomic E-state index is 14.9. The van der Waals surface area contributed by atoms with E-state index >= 15 is 0 Å². The van der Waals surface area contributed by atoms with Crippen LogP contribution in [0.5, 0.6) is 0 Å². The summed E-state index contributed by atoms with van der Waals surface area (Å²) in [7, 11) is 0. The second kappa shape index (κ2) is 6.63.